The Labute approximate surface area is 230 Å². The lowest BCUT2D eigenvalue weighted by Crippen LogP contribution is -2.55. The Morgan fingerprint density at radius 1 is 0.897 bits per heavy atom. The largest absolute Gasteiger partial charge is 0.423 e. The Kier molecular flexibility index (Phi) is 6.40. The zero-order valence-corrected chi connectivity index (χ0v) is 22.3. The fourth-order valence-electron chi connectivity index (χ4n) is 4.92. The highest BCUT2D eigenvalue weighted by molar-refractivity contribution is 7.89. The van der Waals surface area contributed by atoms with Crippen LogP contribution in [0.2, 0.25) is 5.02 Å². The van der Waals surface area contributed by atoms with Crippen LogP contribution in [0.25, 0.3) is 11.1 Å². The van der Waals surface area contributed by atoms with Gasteiger partial charge in [-0.3, -0.25) is 9.69 Å². The number of urea groups is 1. The van der Waals surface area contributed by atoms with E-state index in [1.165, 1.54) is 17.0 Å². The SMILES string of the molecule is O=C([C@@H]1CN(S(=O)(=O)c2ccccc2)C(=O)N1c1ccccc1Cl)N1CCN(c2nc3ccccc3o2)CC1. The molecule has 10 nitrogen and oxygen atoms in total. The predicted molar refractivity (Wildman–Crippen MR) is 146 cm³/mol. The minimum atomic E-state index is -4.20. The number of carbonyl (C=O) groups is 2. The van der Waals surface area contributed by atoms with Gasteiger partial charge in [0.2, 0.25) is 5.91 Å². The van der Waals surface area contributed by atoms with Crippen LogP contribution in [0, 0.1) is 0 Å². The molecule has 0 saturated carbocycles. The Balaban J connectivity index is 1.26. The number of aromatic nitrogens is 1. The molecular formula is C27H24ClN5O5S. The summed E-state index contributed by atoms with van der Waals surface area (Å²) < 4.78 is 33.5. The molecule has 200 valence electrons. The van der Waals surface area contributed by atoms with Crippen molar-refractivity contribution in [2.75, 3.05) is 42.5 Å². The molecule has 3 heterocycles. The van der Waals surface area contributed by atoms with Gasteiger partial charge in [0.1, 0.15) is 11.6 Å². The second-order valence-corrected chi connectivity index (χ2v) is 11.5. The second kappa shape index (κ2) is 9.90. The van der Waals surface area contributed by atoms with Crippen molar-refractivity contribution in [3.63, 3.8) is 0 Å². The number of anilines is 2. The molecular weight excluding hydrogens is 542 g/mol. The van der Waals surface area contributed by atoms with Crippen LogP contribution in [-0.4, -0.2) is 73.3 Å². The van der Waals surface area contributed by atoms with E-state index in [-0.39, 0.29) is 28.1 Å². The first kappa shape index (κ1) is 25.2. The summed E-state index contributed by atoms with van der Waals surface area (Å²) >= 11 is 6.41. The van der Waals surface area contributed by atoms with Crippen LogP contribution in [0.1, 0.15) is 0 Å². The molecule has 2 aliphatic heterocycles. The third kappa shape index (κ3) is 4.47. The van der Waals surface area contributed by atoms with Crippen LogP contribution < -0.4 is 9.80 Å². The molecule has 1 aromatic heterocycles. The van der Waals surface area contributed by atoms with Gasteiger partial charge >= 0.3 is 6.03 Å². The van der Waals surface area contributed by atoms with E-state index in [1.54, 1.807) is 47.4 Å². The van der Waals surface area contributed by atoms with Crippen molar-refractivity contribution >= 4 is 56.4 Å². The van der Waals surface area contributed by atoms with Crippen LogP contribution in [0.15, 0.2) is 88.2 Å². The number of carbonyl (C=O) groups excluding carboxylic acids is 2. The highest BCUT2D eigenvalue weighted by Crippen LogP contribution is 2.34. The third-order valence-electron chi connectivity index (χ3n) is 6.94. The molecule has 6 rings (SSSR count). The predicted octanol–water partition coefficient (Wildman–Crippen LogP) is 3.83. The number of hydrogen-bond acceptors (Lipinski definition) is 7. The van der Waals surface area contributed by atoms with Gasteiger partial charge < -0.3 is 14.2 Å². The van der Waals surface area contributed by atoms with Gasteiger partial charge in [-0.15, -0.1) is 0 Å². The summed E-state index contributed by atoms with van der Waals surface area (Å²) in [5.41, 5.74) is 1.72. The van der Waals surface area contributed by atoms with Gasteiger partial charge in [-0.25, -0.2) is 17.5 Å². The van der Waals surface area contributed by atoms with Crippen molar-refractivity contribution in [1.82, 2.24) is 14.2 Å². The van der Waals surface area contributed by atoms with Crippen LogP contribution >= 0.6 is 11.6 Å². The molecule has 0 radical (unpaired) electrons. The molecule has 0 spiro atoms. The maximum Gasteiger partial charge on any atom is 0.339 e. The van der Waals surface area contributed by atoms with E-state index in [2.05, 4.69) is 4.98 Å². The molecule has 1 atom stereocenters. The molecule has 0 N–H and O–H groups in total. The molecule has 2 saturated heterocycles. The third-order valence-corrected chi connectivity index (χ3v) is 9.02. The normalized spacial score (nSPS) is 18.3. The minimum Gasteiger partial charge on any atom is -0.423 e. The summed E-state index contributed by atoms with van der Waals surface area (Å²) in [6.07, 6.45) is 0. The van der Waals surface area contributed by atoms with Crippen LogP contribution in [-0.2, 0) is 14.8 Å². The lowest BCUT2D eigenvalue weighted by molar-refractivity contribution is -0.132. The molecule has 4 aromatic rings. The molecule has 2 fully saturated rings. The number of hydrogen-bond donors (Lipinski definition) is 0. The molecule has 0 bridgehead atoms. The van der Waals surface area contributed by atoms with Gasteiger partial charge in [0.05, 0.1) is 22.2 Å². The summed E-state index contributed by atoms with van der Waals surface area (Å²) in [6, 6.07) is 20.3. The summed E-state index contributed by atoms with van der Waals surface area (Å²) in [5, 5.41) is 0.239. The quantitative estimate of drug-likeness (QED) is 0.362. The standard InChI is InChI=1S/C27H24ClN5O5S/c28-20-10-4-6-12-22(20)33-23(18-32(27(33)35)39(36,37)19-8-2-1-3-9-19)25(34)30-14-16-31(17-15-30)26-29-21-11-5-7-13-24(21)38-26/h1-13,23H,14-18H2/t23-/m0/s1. The van der Waals surface area contributed by atoms with E-state index in [4.69, 9.17) is 16.0 Å². The first-order valence-corrected chi connectivity index (χ1v) is 14.2. The highest BCUT2D eigenvalue weighted by atomic mass is 35.5. The van der Waals surface area contributed by atoms with Crippen molar-refractivity contribution in [3.05, 3.63) is 83.9 Å². The maximum atomic E-state index is 13.8. The number of piperazine rings is 1. The average molecular weight is 566 g/mol. The molecule has 39 heavy (non-hydrogen) atoms. The number of rotatable bonds is 5. The fourth-order valence-corrected chi connectivity index (χ4v) is 6.54. The fraction of sp³-hybridized carbons (Fsp3) is 0.222. The van der Waals surface area contributed by atoms with Crippen LogP contribution in [0.4, 0.5) is 16.5 Å². The summed E-state index contributed by atoms with van der Waals surface area (Å²) in [4.78, 5) is 36.8. The van der Waals surface area contributed by atoms with Crippen molar-refractivity contribution < 1.29 is 22.4 Å². The number of para-hydroxylation sites is 3. The smallest absolute Gasteiger partial charge is 0.339 e. The van der Waals surface area contributed by atoms with E-state index in [9.17, 15) is 18.0 Å². The van der Waals surface area contributed by atoms with Gasteiger partial charge in [-0.1, -0.05) is 54.1 Å². The Morgan fingerprint density at radius 2 is 1.56 bits per heavy atom. The Bertz CT molecular complexity index is 1620. The minimum absolute atomic E-state index is 0.0301. The molecule has 0 aliphatic carbocycles. The molecule has 2 aliphatic rings. The van der Waals surface area contributed by atoms with E-state index < -0.39 is 22.1 Å². The van der Waals surface area contributed by atoms with Gasteiger partial charge in [-0.05, 0) is 36.4 Å². The van der Waals surface area contributed by atoms with Gasteiger partial charge in [0, 0.05) is 26.2 Å². The molecule has 12 heteroatoms. The van der Waals surface area contributed by atoms with Crippen molar-refractivity contribution in [2.24, 2.45) is 0 Å². The van der Waals surface area contributed by atoms with Gasteiger partial charge in [0.15, 0.2) is 5.58 Å². The lowest BCUT2D eigenvalue weighted by Gasteiger charge is -2.36. The molecule has 3 amide bonds. The van der Waals surface area contributed by atoms with Crippen molar-refractivity contribution in [3.8, 4) is 0 Å². The second-order valence-electron chi connectivity index (χ2n) is 9.25. The number of amides is 3. The summed E-state index contributed by atoms with van der Waals surface area (Å²) in [7, 11) is -4.20. The van der Waals surface area contributed by atoms with E-state index in [0.717, 1.165) is 9.82 Å². The zero-order chi connectivity index (χ0) is 27.1. The van der Waals surface area contributed by atoms with E-state index in [0.29, 0.717) is 37.8 Å². The maximum absolute atomic E-state index is 13.8. The number of nitrogens with zero attached hydrogens (tertiary/aromatic N) is 5. The first-order valence-electron chi connectivity index (χ1n) is 12.4. The monoisotopic (exact) mass is 565 g/mol. The van der Waals surface area contributed by atoms with E-state index >= 15 is 0 Å². The van der Waals surface area contributed by atoms with Crippen molar-refractivity contribution in [1.29, 1.82) is 0 Å². The summed E-state index contributed by atoms with van der Waals surface area (Å²) in [5.74, 6) is -0.355. The average Bonchev–Trinajstić information content (AvgIpc) is 3.55. The van der Waals surface area contributed by atoms with E-state index in [1.807, 2.05) is 29.2 Å². The Morgan fingerprint density at radius 3 is 2.28 bits per heavy atom. The number of halogens is 1. The van der Waals surface area contributed by atoms with Crippen molar-refractivity contribution in [2.45, 2.75) is 10.9 Å². The highest BCUT2D eigenvalue weighted by Gasteiger charge is 2.49. The van der Waals surface area contributed by atoms with Crippen LogP contribution in [0.5, 0.6) is 0 Å². The number of benzene rings is 3. The van der Waals surface area contributed by atoms with Gasteiger partial charge in [0.25, 0.3) is 16.0 Å². The number of fused-ring (bicyclic) bond motifs is 1. The zero-order valence-electron chi connectivity index (χ0n) is 20.7. The molecule has 0 unspecified atom stereocenters. The topological polar surface area (TPSA) is 107 Å². The number of sulfonamides is 1. The number of oxazole rings is 1. The van der Waals surface area contributed by atoms with Crippen LogP contribution in [0.3, 0.4) is 0 Å². The first-order chi connectivity index (χ1) is 18.8. The molecule has 3 aromatic carbocycles. The Hall–Kier alpha value is -4.09. The summed E-state index contributed by atoms with van der Waals surface area (Å²) in [6.45, 7) is 1.31. The van der Waals surface area contributed by atoms with Gasteiger partial charge in [-0.2, -0.15) is 4.98 Å². The lowest BCUT2D eigenvalue weighted by atomic mass is 10.2.